The Balaban J connectivity index is 0. The van der Waals surface area contributed by atoms with Gasteiger partial charge in [-0.1, -0.05) is 0 Å². The molecule has 0 N–H and O–H groups in total. The average molecular weight is 668 g/mol. The van der Waals surface area contributed by atoms with Crippen LogP contribution in [-0.2, 0) is 22.5 Å². The van der Waals surface area contributed by atoms with Crippen LogP contribution in [0.4, 0.5) is 0 Å². The summed E-state index contributed by atoms with van der Waals surface area (Å²) >= 11 is -6.22. The van der Waals surface area contributed by atoms with Gasteiger partial charge in [0, 0.05) is 0 Å². The molecule has 0 nitrogen and oxygen atoms in total. The van der Waals surface area contributed by atoms with Crippen LogP contribution in [0.1, 0.15) is 0 Å². The molecule has 0 spiro atoms. The average Bonchev–Trinajstić information content (AvgIpc) is 1.12. The Labute approximate surface area is 97.2 Å². The molecule has 10 heavy (non-hydrogen) atoms. The van der Waals surface area contributed by atoms with Crippen molar-refractivity contribution >= 4 is 76.7 Å². The van der Waals surface area contributed by atoms with Crippen LogP contribution in [0.2, 0.25) is 0 Å². The van der Waals surface area contributed by atoms with E-state index in [0.29, 0.717) is 0 Å². The van der Waals surface area contributed by atoms with Crippen molar-refractivity contribution in [2.75, 3.05) is 0 Å². The molecule has 0 aromatic carbocycles. The Hall–Kier alpha value is 3.62. The molecule has 0 aromatic rings. The number of hydrogen-bond donors (Lipinski definition) is 0. The van der Waals surface area contributed by atoms with Crippen molar-refractivity contribution in [1.29, 1.82) is 0 Å². The number of halogens is 8. The predicted molar refractivity (Wildman–Crippen MR) is 46.8 cm³/mol. The third-order valence-corrected chi connectivity index (χ3v) is 0. The van der Waals surface area contributed by atoms with Crippen LogP contribution < -0.4 is 0 Å². The molecule has 0 aromatic heterocycles. The van der Waals surface area contributed by atoms with Crippen LogP contribution in [0.3, 0.4) is 0 Å². The fourth-order valence-corrected chi connectivity index (χ4v) is 0. The van der Waals surface area contributed by atoms with E-state index in [9.17, 15) is 0 Å². The van der Waals surface area contributed by atoms with Gasteiger partial charge in [-0.2, -0.15) is 0 Å². The molecule has 0 fully saturated rings. The summed E-state index contributed by atoms with van der Waals surface area (Å²) in [6.45, 7) is 0. The summed E-state index contributed by atoms with van der Waals surface area (Å²) in [4.78, 5) is 0. The van der Waals surface area contributed by atoms with Crippen LogP contribution in [0.15, 0.2) is 0 Å². The molecule has 74 valence electrons. The first-order chi connectivity index (χ1) is 4.00. The van der Waals surface area contributed by atoms with Gasteiger partial charge in [0.15, 0.2) is 0 Å². The fraction of sp³-hybridized carbons (Fsp3) is 0. The minimum atomic E-state index is -3.11. The molecule has 0 bridgehead atoms. The molecule has 0 saturated heterocycles. The molecule has 0 saturated carbocycles. The molecule has 10 heteroatoms. The fourth-order valence-electron chi connectivity index (χ4n) is 0. The summed E-state index contributed by atoms with van der Waals surface area (Å²) in [5, 5.41) is 0. The van der Waals surface area contributed by atoms with Crippen molar-refractivity contribution in [3.05, 3.63) is 0 Å². The Morgan fingerprint density at radius 3 is 0.400 bits per heavy atom. The zero-order valence-electron chi connectivity index (χ0n) is 3.69. The van der Waals surface area contributed by atoms with Gasteiger partial charge in [-0.15, -0.1) is 0 Å². The minimum absolute atomic E-state index is 3.11. The Morgan fingerprint density at radius 1 is 0.400 bits per heavy atom. The summed E-state index contributed by atoms with van der Waals surface area (Å²) in [5.74, 6) is 0. The van der Waals surface area contributed by atoms with Crippen molar-refractivity contribution in [1.82, 2.24) is 0 Å². The van der Waals surface area contributed by atoms with Gasteiger partial charge < -0.3 is 0 Å². The first-order valence-corrected chi connectivity index (χ1v) is 24.8. The van der Waals surface area contributed by atoms with E-state index in [2.05, 4.69) is 0 Å². The summed E-state index contributed by atoms with van der Waals surface area (Å²) < 4.78 is 0. The standard InChI is InChI=1S/8ClH.2Ir/h8*1H;;/q;;;;;;;;2*+4/p-8. The van der Waals surface area contributed by atoms with E-state index in [4.69, 9.17) is 76.7 Å². The second kappa shape index (κ2) is 6.98. The SMILES string of the molecule is [Cl][Ir]([Cl])([Cl])[Cl].[Cl][Ir]([Cl])([Cl])[Cl]. The summed E-state index contributed by atoms with van der Waals surface area (Å²) in [7, 11) is 40.1. The molecule has 0 unspecified atom stereocenters. The molecule has 0 atom stereocenters. The van der Waals surface area contributed by atoms with Crippen LogP contribution in [0, 0.1) is 0 Å². The first kappa shape index (κ1) is 16.1. The van der Waals surface area contributed by atoms with Crippen molar-refractivity contribution in [3.8, 4) is 0 Å². The van der Waals surface area contributed by atoms with Gasteiger partial charge in [-0.25, -0.2) is 0 Å². The van der Waals surface area contributed by atoms with Crippen molar-refractivity contribution in [2.24, 2.45) is 0 Å². The van der Waals surface area contributed by atoms with Gasteiger partial charge in [-0.3, -0.25) is 0 Å². The second-order valence-electron chi connectivity index (χ2n) is 0.571. The number of hydrogen-bond acceptors (Lipinski definition) is 0. The van der Waals surface area contributed by atoms with Crippen molar-refractivity contribution in [3.63, 3.8) is 0 Å². The van der Waals surface area contributed by atoms with Gasteiger partial charge in [-0.05, 0) is 0 Å². The van der Waals surface area contributed by atoms with Crippen LogP contribution in [0.25, 0.3) is 0 Å². The zero-order valence-corrected chi connectivity index (χ0v) is 14.5. The van der Waals surface area contributed by atoms with E-state index < -0.39 is 22.5 Å². The van der Waals surface area contributed by atoms with Gasteiger partial charge in [0.25, 0.3) is 0 Å². The molecule has 0 aliphatic carbocycles. The van der Waals surface area contributed by atoms with Gasteiger partial charge in [0.1, 0.15) is 0 Å². The van der Waals surface area contributed by atoms with E-state index in [1.807, 2.05) is 0 Å². The molecule has 0 rings (SSSR count). The topological polar surface area (TPSA) is 0 Å². The Kier molecular flexibility index (Phi) is 11.2. The third-order valence-electron chi connectivity index (χ3n) is 0. The molecule has 0 aliphatic rings. The molecule has 0 heterocycles. The monoisotopic (exact) mass is 666 g/mol. The van der Waals surface area contributed by atoms with Crippen LogP contribution in [-0.4, -0.2) is 0 Å². The first-order valence-electron chi connectivity index (χ1n) is 1.01. The van der Waals surface area contributed by atoms with E-state index in [1.165, 1.54) is 0 Å². The van der Waals surface area contributed by atoms with Crippen LogP contribution in [0.5, 0.6) is 0 Å². The van der Waals surface area contributed by atoms with Crippen LogP contribution >= 0.6 is 76.7 Å². The number of rotatable bonds is 0. The normalized spacial score (nSPS) is 15.2. The quantitative estimate of drug-likeness (QED) is 0.320. The molecule has 0 amide bonds. The van der Waals surface area contributed by atoms with E-state index in [-0.39, 0.29) is 0 Å². The second-order valence-corrected chi connectivity index (χ2v) is 42.1. The van der Waals surface area contributed by atoms with E-state index in [0.717, 1.165) is 0 Å². The van der Waals surface area contributed by atoms with E-state index >= 15 is 0 Å². The van der Waals surface area contributed by atoms with Crippen molar-refractivity contribution in [2.45, 2.75) is 0 Å². The predicted octanol–water partition coefficient (Wildman–Crippen LogP) is 5.51. The molecule has 0 radical (unpaired) electrons. The van der Waals surface area contributed by atoms with E-state index in [1.54, 1.807) is 0 Å². The maximum absolute atomic E-state index is 5.01. The van der Waals surface area contributed by atoms with Crippen molar-refractivity contribution < 1.29 is 22.5 Å². The summed E-state index contributed by atoms with van der Waals surface area (Å²) in [6.07, 6.45) is 0. The maximum atomic E-state index is 5.01. The van der Waals surface area contributed by atoms with Gasteiger partial charge in [0.2, 0.25) is 0 Å². The molecular weight excluding hydrogens is 668 g/mol. The van der Waals surface area contributed by atoms with Gasteiger partial charge >= 0.3 is 99.1 Å². The Bertz CT molecular complexity index is 50.2. The molecular formula is Cl8Ir2. The molecule has 0 aliphatic heterocycles. The zero-order chi connectivity index (χ0) is 9.00. The summed E-state index contributed by atoms with van der Waals surface area (Å²) in [6, 6.07) is 0. The summed E-state index contributed by atoms with van der Waals surface area (Å²) in [5.41, 5.74) is 0. The van der Waals surface area contributed by atoms with Gasteiger partial charge in [0.05, 0.1) is 0 Å². The Morgan fingerprint density at radius 2 is 0.400 bits per heavy atom. The third kappa shape index (κ3) is 100.